The summed E-state index contributed by atoms with van der Waals surface area (Å²) in [7, 11) is -1.49. The van der Waals surface area contributed by atoms with Gasteiger partial charge in [-0.2, -0.15) is 0 Å². The first-order valence-corrected chi connectivity index (χ1v) is 13.2. The molecule has 2 heterocycles. The van der Waals surface area contributed by atoms with Gasteiger partial charge in [-0.05, 0) is 55.5 Å². The molecule has 1 saturated heterocycles. The quantitative estimate of drug-likeness (QED) is 0.546. The maximum absolute atomic E-state index is 13.3. The van der Waals surface area contributed by atoms with Gasteiger partial charge in [0.1, 0.15) is 5.82 Å². The molecule has 1 amide bonds. The fourth-order valence-electron chi connectivity index (χ4n) is 4.32. The van der Waals surface area contributed by atoms with Crippen molar-refractivity contribution in [2.24, 2.45) is 13.0 Å². The number of hydrogen-bond donors (Lipinski definition) is 1. The van der Waals surface area contributed by atoms with Crippen LogP contribution in [0, 0.1) is 5.92 Å². The second-order valence-corrected chi connectivity index (χ2v) is 11.4. The summed E-state index contributed by atoms with van der Waals surface area (Å²) in [6.07, 6.45) is 2.10. The number of carbonyl (C=O) groups is 1. The SMILES string of the molecule is CC(C)C[C@@H](NC(=O)c1ccc(Cl)c(N2CCCCS2(=O)=O)c1)c1nc2ccccc2n1C. The number of amides is 1. The molecular weight excluding hydrogens is 460 g/mol. The van der Waals surface area contributed by atoms with Gasteiger partial charge in [-0.25, -0.2) is 13.4 Å². The predicted molar refractivity (Wildman–Crippen MR) is 132 cm³/mol. The van der Waals surface area contributed by atoms with Crippen LogP contribution in [0.4, 0.5) is 5.69 Å². The first-order chi connectivity index (χ1) is 15.7. The van der Waals surface area contributed by atoms with E-state index < -0.39 is 10.0 Å². The van der Waals surface area contributed by atoms with Crippen molar-refractivity contribution in [2.75, 3.05) is 16.6 Å². The predicted octanol–water partition coefficient (Wildman–Crippen LogP) is 4.67. The second-order valence-electron chi connectivity index (χ2n) is 8.93. The number of halogens is 1. The Bertz CT molecular complexity index is 1290. The number of fused-ring (bicyclic) bond motifs is 1. The van der Waals surface area contributed by atoms with E-state index in [-0.39, 0.29) is 17.7 Å². The number of nitrogens with one attached hydrogen (secondary N) is 1. The van der Waals surface area contributed by atoms with Crippen LogP contribution in [-0.4, -0.2) is 36.2 Å². The van der Waals surface area contributed by atoms with E-state index in [1.807, 2.05) is 35.9 Å². The monoisotopic (exact) mass is 488 g/mol. The molecule has 7 nitrogen and oxygen atoms in total. The molecular formula is C24H29ClN4O3S. The Morgan fingerprint density at radius 3 is 2.64 bits per heavy atom. The van der Waals surface area contributed by atoms with Gasteiger partial charge < -0.3 is 9.88 Å². The Labute approximate surface area is 199 Å². The smallest absolute Gasteiger partial charge is 0.251 e. The Hall–Kier alpha value is -2.58. The average Bonchev–Trinajstić information content (AvgIpc) is 3.10. The van der Waals surface area contributed by atoms with Crippen molar-refractivity contribution in [3.63, 3.8) is 0 Å². The van der Waals surface area contributed by atoms with Crippen LogP contribution < -0.4 is 9.62 Å². The van der Waals surface area contributed by atoms with Crippen LogP contribution in [0.2, 0.25) is 5.02 Å². The fraction of sp³-hybridized carbons (Fsp3) is 0.417. The summed E-state index contributed by atoms with van der Waals surface area (Å²) in [6.45, 7) is 4.57. The van der Waals surface area contributed by atoms with Gasteiger partial charge in [0.25, 0.3) is 5.91 Å². The third-order valence-corrected chi connectivity index (χ3v) is 8.15. The van der Waals surface area contributed by atoms with Gasteiger partial charge in [0.2, 0.25) is 10.0 Å². The molecule has 4 rings (SSSR count). The minimum Gasteiger partial charge on any atom is -0.342 e. The third-order valence-electron chi connectivity index (χ3n) is 5.97. The molecule has 2 aromatic carbocycles. The van der Waals surface area contributed by atoms with E-state index >= 15 is 0 Å². The van der Waals surface area contributed by atoms with E-state index in [1.165, 1.54) is 4.31 Å². The van der Waals surface area contributed by atoms with Gasteiger partial charge >= 0.3 is 0 Å². The molecule has 0 bridgehead atoms. The van der Waals surface area contributed by atoms with Gasteiger partial charge in [-0.3, -0.25) is 9.10 Å². The zero-order chi connectivity index (χ0) is 23.8. The van der Waals surface area contributed by atoms with Crippen molar-refractivity contribution in [1.82, 2.24) is 14.9 Å². The zero-order valence-corrected chi connectivity index (χ0v) is 20.7. The number of aryl methyl sites for hydroxylation is 1. The van der Waals surface area contributed by atoms with Crippen LogP contribution in [0.3, 0.4) is 0 Å². The van der Waals surface area contributed by atoms with E-state index in [4.69, 9.17) is 16.6 Å². The number of nitrogens with zero attached hydrogens (tertiary/aromatic N) is 3. The standard InChI is InChI=1S/C24H29ClN4O3S/c1-16(2)14-20(23-26-19-8-4-5-9-21(19)28(23)3)27-24(30)17-10-11-18(25)22(15-17)29-12-6-7-13-33(29,31)32/h4-5,8-11,15-16,20H,6-7,12-14H2,1-3H3,(H,27,30)/t20-/m1/s1. The van der Waals surface area contributed by atoms with Gasteiger partial charge in [-0.1, -0.05) is 37.6 Å². The van der Waals surface area contributed by atoms with Crippen LogP contribution in [0.25, 0.3) is 11.0 Å². The molecule has 0 unspecified atom stereocenters. The van der Waals surface area contributed by atoms with E-state index in [2.05, 4.69) is 19.2 Å². The lowest BCUT2D eigenvalue weighted by Gasteiger charge is -2.29. The molecule has 0 saturated carbocycles. The highest BCUT2D eigenvalue weighted by atomic mass is 35.5. The zero-order valence-electron chi connectivity index (χ0n) is 19.1. The number of hydrogen-bond acceptors (Lipinski definition) is 4. The maximum atomic E-state index is 13.3. The Balaban J connectivity index is 1.65. The lowest BCUT2D eigenvalue weighted by atomic mass is 10.0. The topological polar surface area (TPSA) is 84.3 Å². The highest BCUT2D eigenvalue weighted by Crippen LogP contribution is 2.32. The van der Waals surface area contributed by atoms with E-state index in [1.54, 1.807) is 18.2 Å². The second kappa shape index (κ2) is 9.35. The van der Waals surface area contributed by atoms with Crippen LogP contribution in [-0.2, 0) is 17.1 Å². The molecule has 1 aromatic heterocycles. The number of imidazole rings is 1. The van der Waals surface area contributed by atoms with Crippen molar-refractivity contribution in [3.8, 4) is 0 Å². The largest absolute Gasteiger partial charge is 0.342 e. The number of anilines is 1. The molecule has 1 fully saturated rings. The molecule has 0 radical (unpaired) electrons. The van der Waals surface area contributed by atoms with Crippen molar-refractivity contribution in [1.29, 1.82) is 0 Å². The molecule has 1 N–H and O–H groups in total. The van der Waals surface area contributed by atoms with Crippen LogP contribution in [0.1, 0.15) is 55.3 Å². The third kappa shape index (κ3) is 4.87. The fourth-order valence-corrected chi connectivity index (χ4v) is 6.24. The minimum atomic E-state index is -3.44. The summed E-state index contributed by atoms with van der Waals surface area (Å²) >= 11 is 6.35. The van der Waals surface area contributed by atoms with Crippen molar-refractivity contribution in [3.05, 3.63) is 58.9 Å². The van der Waals surface area contributed by atoms with Gasteiger partial charge in [-0.15, -0.1) is 0 Å². The first kappa shape index (κ1) is 23.6. The molecule has 33 heavy (non-hydrogen) atoms. The molecule has 1 aliphatic rings. The van der Waals surface area contributed by atoms with Crippen molar-refractivity contribution < 1.29 is 13.2 Å². The average molecular weight is 489 g/mol. The maximum Gasteiger partial charge on any atom is 0.251 e. The molecule has 1 atom stereocenters. The Kier molecular flexibility index (Phi) is 6.68. The lowest BCUT2D eigenvalue weighted by Crippen LogP contribution is -2.38. The summed E-state index contributed by atoms with van der Waals surface area (Å²) in [5, 5.41) is 3.43. The molecule has 0 spiro atoms. The molecule has 3 aromatic rings. The summed E-state index contributed by atoms with van der Waals surface area (Å²) < 4.78 is 28.5. The highest BCUT2D eigenvalue weighted by molar-refractivity contribution is 7.92. The minimum absolute atomic E-state index is 0.0862. The summed E-state index contributed by atoms with van der Waals surface area (Å²) in [6, 6.07) is 12.4. The Morgan fingerprint density at radius 2 is 1.94 bits per heavy atom. The number of rotatable bonds is 6. The number of carbonyl (C=O) groups excluding carboxylic acids is 1. The van der Waals surface area contributed by atoms with Crippen molar-refractivity contribution >= 4 is 44.3 Å². The molecule has 0 aliphatic carbocycles. The number of para-hydroxylation sites is 2. The highest BCUT2D eigenvalue weighted by Gasteiger charge is 2.29. The van der Waals surface area contributed by atoms with Crippen molar-refractivity contribution in [2.45, 2.75) is 39.2 Å². The van der Waals surface area contributed by atoms with E-state index in [0.29, 0.717) is 41.6 Å². The number of benzene rings is 2. The van der Waals surface area contributed by atoms with Gasteiger partial charge in [0, 0.05) is 19.2 Å². The van der Waals surface area contributed by atoms with Gasteiger partial charge in [0.15, 0.2) is 0 Å². The van der Waals surface area contributed by atoms with E-state index in [9.17, 15) is 13.2 Å². The number of aromatic nitrogens is 2. The summed E-state index contributed by atoms with van der Waals surface area (Å²) in [4.78, 5) is 18.1. The van der Waals surface area contributed by atoms with E-state index in [0.717, 1.165) is 23.3 Å². The molecule has 176 valence electrons. The summed E-state index contributed by atoms with van der Waals surface area (Å²) in [5.41, 5.74) is 2.59. The van der Waals surface area contributed by atoms with Crippen LogP contribution in [0.5, 0.6) is 0 Å². The van der Waals surface area contributed by atoms with Crippen LogP contribution >= 0.6 is 11.6 Å². The van der Waals surface area contributed by atoms with Crippen LogP contribution in [0.15, 0.2) is 42.5 Å². The Morgan fingerprint density at radius 1 is 1.18 bits per heavy atom. The lowest BCUT2D eigenvalue weighted by molar-refractivity contribution is 0.0929. The van der Waals surface area contributed by atoms with Gasteiger partial charge in [0.05, 0.1) is 33.5 Å². The normalized spacial score (nSPS) is 16.8. The summed E-state index contributed by atoms with van der Waals surface area (Å²) in [5.74, 6) is 0.906. The number of sulfonamides is 1. The molecule has 9 heteroatoms. The first-order valence-electron chi connectivity index (χ1n) is 11.2. The molecule has 1 aliphatic heterocycles.